The largest absolute Gasteiger partial charge is 0.456 e. The van der Waals surface area contributed by atoms with Crippen LogP contribution in [-0.2, 0) is 19.1 Å². The molecule has 1 heterocycles. The number of amides is 3. The van der Waals surface area contributed by atoms with E-state index in [4.69, 9.17) is 4.74 Å². The number of imide groups is 1. The number of ether oxygens (including phenoxy) is 1. The highest BCUT2D eigenvalue weighted by molar-refractivity contribution is 6.08. The molecule has 4 saturated carbocycles. The van der Waals surface area contributed by atoms with Crippen molar-refractivity contribution in [3.63, 3.8) is 0 Å². The SMILES string of the molecule is CC[C@@]1(C)NC(=O)N(CC(=O)OCC(=O)C23CC4CC(CC(C4)C2)C3)C1=O. The first-order chi connectivity index (χ1) is 12.7. The summed E-state index contributed by atoms with van der Waals surface area (Å²) in [4.78, 5) is 50.2. The van der Waals surface area contributed by atoms with E-state index < -0.39 is 30.0 Å². The van der Waals surface area contributed by atoms with Gasteiger partial charge in [-0.1, -0.05) is 6.92 Å². The fourth-order valence-corrected chi connectivity index (χ4v) is 6.06. The van der Waals surface area contributed by atoms with Crippen LogP contribution in [0.1, 0.15) is 58.8 Å². The monoisotopic (exact) mass is 376 g/mol. The van der Waals surface area contributed by atoms with Crippen molar-refractivity contribution in [2.45, 2.75) is 64.3 Å². The summed E-state index contributed by atoms with van der Waals surface area (Å²) in [6.45, 7) is 2.73. The first kappa shape index (κ1) is 18.4. The number of urea groups is 1. The van der Waals surface area contributed by atoms with Crippen molar-refractivity contribution in [1.82, 2.24) is 10.2 Å². The Morgan fingerprint density at radius 3 is 2.15 bits per heavy atom. The van der Waals surface area contributed by atoms with Crippen LogP contribution in [0, 0.1) is 23.2 Å². The minimum atomic E-state index is -0.980. The summed E-state index contributed by atoms with van der Waals surface area (Å²) in [6.07, 6.45) is 6.96. The lowest BCUT2D eigenvalue weighted by atomic mass is 9.48. The molecule has 148 valence electrons. The molecule has 1 atom stereocenters. The zero-order chi connectivity index (χ0) is 19.4. The van der Waals surface area contributed by atoms with Gasteiger partial charge in [0, 0.05) is 5.41 Å². The van der Waals surface area contributed by atoms with Crippen LogP contribution in [0.3, 0.4) is 0 Å². The van der Waals surface area contributed by atoms with E-state index in [9.17, 15) is 19.2 Å². The zero-order valence-corrected chi connectivity index (χ0v) is 16.1. The van der Waals surface area contributed by atoms with Crippen molar-refractivity contribution in [3.8, 4) is 0 Å². The first-order valence-corrected chi connectivity index (χ1v) is 10.1. The van der Waals surface area contributed by atoms with Gasteiger partial charge in [-0.15, -0.1) is 0 Å². The predicted octanol–water partition coefficient (Wildman–Crippen LogP) is 2.04. The molecule has 4 bridgehead atoms. The van der Waals surface area contributed by atoms with Crippen molar-refractivity contribution in [2.75, 3.05) is 13.2 Å². The Morgan fingerprint density at radius 1 is 1.11 bits per heavy atom. The van der Waals surface area contributed by atoms with Crippen molar-refractivity contribution in [1.29, 1.82) is 0 Å². The number of hydrogen-bond donors (Lipinski definition) is 1. The highest BCUT2D eigenvalue weighted by atomic mass is 16.5. The van der Waals surface area contributed by atoms with E-state index in [2.05, 4.69) is 5.32 Å². The summed E-state index contributed by atoms with van der Waals surface area (Å²) in [5.74, 6) is 0.817. The fraction of sp³-hybridized carbons (Fsp3) is 0.800. The molecule has 0 aromatic heterocycles. The highest BCUT2D eigenvalue weighted by Crippen LogP contribution is 2.60. The smallest absolute Gasteiger partial charge is 0.326 e. The number of ketones is 1. The summed E-state index contributed by atoms with van der Waals surface area (Å²) in [5.41, 5.74) is -1.29. The van der Waals surface area contributed by atoms with Gasteiger partial charge in [-0.05, 0) is 69.6 Å². The lowest BCUT2D eigenvalue weighted by Crippen LogP contribution is -2.51. The van der Waals surface area contributed by atoms with Crippen LogP contribution in [0.15, 0.2) is 0 Å². The number of nitrogens with one attached hydrogen (secondary N) is 1. The average molecular weight is 376 g/mol. The second kappa shape index (κ2) is 6.31. The molecule has 1 saturated heterocycles. The molecule has 5 fully saturated rings. The van der Waals surface area contributed by atoms with E-state index in [1.807, 2.05) is 0 Å². The van der Waals surface area contributed by atoms with Crippen LogP contribution in [0.2, 0.25) is 0 Å². The summed E-state index contributed by atoms with van der Waals surface area (Å²) < 4.78 is 5.19. The van der Waals surface area contributed by atoms with E-state index in [1.165, 1.54) is 19.3 Å². The van der Waals surface area contributed by atoms with Crippen LogP contribution in [0.5, 0.6) is 0 Å². The van der Waals surface area contributed by atoms with Gasteiger partial charge in [0.2, 0.25) is 0 Å². The minimum Gasteiger partial charge on any atom is -0.456 e. The van der Waals surface area contributed by atoms with Crippen LogP contribution < -0.4 is 5.32 Å². The summed E-state index contributed by atoms with van der Waals surface area (Å²) >= 11 is 0. The third-order valence-corrected chi connectivity index (χ3v) is 7.33. The van der Waals surface area contributed by atoms with Gasteiger partial charge in [0.05, 0.1) is 0 Å². The molecule has 0 spiro atoms. The second-order valence-electron chi connectivity index (χ2n) is 9.29. The van der Waals surface area contributed by atoms with Crippen molar-refractivity contribution in [3.05, 3.63) is 0 Å². The molecule has 5 aliphatic rings. The molecule has 0 aromatic carbocycles. The summed E-state index contributed by atoms with van der Waals surface area (Å²) in [7, 11) is 0. The summed E-state index contributed by atoms with van der Waals surface area (Å²) in [6, 6.07) is -0.589. The number of Topliss-reactive ketones (excluding diaryl/α,β-unsaturated/α-hetero) is 1. The van der Waals surface area contributed by atoms with Gasteiger partial charge in [-0.25, -0.2) is 4.79 Å². The number of rotatable bonds is 6. The predicted molar refractivity (Wildman–Crippen MR) is 95.5 cm³/mol. The van der Waals surface area contributed by atoms with Gasteiger partial charge < -0.3 is 10.1 Å². The number of nitrogens with zero attached hydrogens (tertiary/aromatic N) is 1. The van der Waals surface area contributed by atoms with Crippen molar-refractivity contribution < 1.29 is 23.9 Å². The molecule has 0 radical (unpaired) electrons. The molecule has 7 nitrogen and oxygen atoms in total. The standard InChI is InChI=1S/C20H28N2O5/c1-3-19(2)17(25)22(18(26)21-19)10-16(24)27-11-15(23)20-7-12-4-13(8-20)6-14(5-12)9-20/h12-14H,3-11H2,1-2H3,(H,21,26)/t12?,13?,14?,19-,20?/m1/s1. The van der Waals surface area contributed by atoms with Gasteiger partial charge in [0.1, 0.15) is 12.1 Å². The Balaban J connectivity index is 1.33. The summed E-state index contributed by atoms with van der Waals surface area (Å²) in [5, 5.41) is 2.60. The van der Waals surface area contributed by atoms with E-state index in [-0.39, 0.29) is 17.8 Å². The number of esters is 1. The average Bonchev–Trinajstić information content (AvgIpc) is 2.82. The van der Waals surface area contributed by atoms with Gasteiger partial charge >= 0.3 is 12.0 Å². The molecule has 27 heavy (non-hydrogen) atoms. The molecule has 0 aromatic rings. The second-order valence-corrected chi connectivity index (χ2v) is 9.29. The van der Waals surface area contributed by atoms with Gasteiger partial charge in [0.25, 0.3) is 5.91 Å². The van der Waals surface area contributed by atoms with E-state index in [0.29, 0.717) is 24.2 Å². The number of carbonyl (C=O) groups excluding carboxylic acids is 4. The highest BCUT2D eigenvalue weighted by Gasteiger charge is 2.54. The van der Waals surface area contributed by atoms with Crippen LogP contribution in [0.4, 0.5) is 4.79 Å². The van der Waals surface area contributed by atoms with Crippen LogP contribution in [0.25, 0.3) is 0 Å². The fourth-order valence-electron chi connectivity index (χ4n) is 6.06. The Kier molecular flexibility index (Phi) is 4.31. The lowest BCUT2D eigenvalue weighted by Gasteiger charge is -2.55. The topological polar surface area (TPSA) is 92.8 Å². The molecule has 4 aliphatic carbocycles. The van der Waals surface area contributed by atoms with Gasteiger partial charge in [-0.2, -0.15) is 0 Å². The molecule has 5 rings (SSSR count). The molecular weight excluding hydrogens is 348 g/mol. The van der Waals surface area contributed by atoms with E-state index >= 15 is 0 Å². The van der Waals surface area contributed by atoms with Gasteiger partial charge in [-0.3, -0.25) is 19.3 Å². The number of hydrogen-bond acceptors (Lipinski definition) is 5. The molecule has 1 aliphatic heterocycles. The third kappa shape index (κ3) is 3.05. The van der Waals surface area contributed by atoms with Crippen molar-refractivity contribution >= 4 is 23.7 Å². The van der Waals surface area contributed by atoms with E-state index in [0.717, 1.165) is 24.2 Å². The van der Waals surface area contributed by atoms with E-state index in [1.54, 1.807) is 13.8 Å². The molecule has 7 heteroatoms. The van der Waals surface area contributed by atoms with Crippen LogP contribution in [-0.4, -0.2) is 47.3 Å². The van der Waals surface area contributed by atoms with Crippen LogP contribution >= 0.6 is 0 Å². The zero-order valence-electron chi connectivity index (χ0n) is 16.1. The molecule has 1 N–H and O–H groups in total. The first-order valence-electron chi connectivity index (χ1n) is 10.1. The maximum Gasteiger partial charge on any atom is 0.326 e. The Hall–Kier alpha value is -1.92. The normalized spacial score (nSPS) is 39.6. The lowest BCUT2D eigenvalue weighted by molar-refractivity contribution is -0.158. The Morgan fingerprint density at radius 2 is 1.67 bits per heavy atom. The maximum atomic E-state index is 12.9. The minimum absolute atomic E-state index is 0.0190. The number of carbonyl (C=O) groups is 4. The Bertz CT molecular complexity index is 667. The third-order valence-electron chi connectivity index (χ3n) is 7.33. The van der Waals surface area contributed by atoms with Gasteiger partial charge in [0.15, 0.2) is 12.4 Å². The quantitative estimate of drug-likeness (QED) is 0.566. The maximum absolute atomic E-state index is 12.9. The van der Waals surface area contributed by atoms with Crippen molar-refractivity contribution in [2.24, 2.45) is 23.2 Å². The molecular formula is C20H28N2O5. The molecule has 0 unspecified atom stereocenters. The molecule has 3 amide bonds. The Labute approximate surface area is 159 Å².